The molecule has 1 atom stereocenters. The number of nitrogens with zero attached hydrogens (tertiary/aromatic N) is 1. The Morgan fingerprint density at radius 2 is 1.52 bits per heavy atom. The summed E-state index contributed by atoms with van der Waals surface area (Å²) >= 11 is 0. The molecule has 1 N–H and O–H groups in total. The molecule has 4 amide bonds. The number of carbonyl (C=O) groups is 4. The molecule has 2 rings (SSSR count). The van der Waals surface area contributed by atoms with Crippen LogP contribution >= 0.6 is 0 Å². The van der Waals surface area contributed by atoms with Gasteiger partial charge in [-0.2, -0.15) is 0 Å². The molecule has 1 saturated heterocycles. The zero-order valence-corrected chi connectivity index (χ0v) is 12.1. The van der Waals surface area contributed by atoms with Gasteiger partial charge in [-0.05, 0) is 6.42 Å². The van der Waals surface area contributed by atoms with Gasteiger partial charge in [0, 0.05) is 6.42 Å². The Morgan fingerprint density at radius 1 is 1.05 bits per heavy atom. The summed E-state index contributed by atoms with van der Waals surface area (Å²) in [5, 5.41) is 2.12. The second-order valence-electron chi connectivity index (χ2n) is 4.18. The molecule has 0 aromatic rings. The van der Waals surface area contributed by atoms with Crippen LogP contribution < -0.4 is 5.32 Å². The van der Waals surface area contributed by atoms with Gasteiger partial charge in [-0.3, -0.25) is 29.4 Å². The van der Waals surface area contributed by atoms with E-state index in [0.717, 1.165) is 4.90 Å². The van der Waals surface area contributed by atoms with Crippen LogP contribution in [0.3, 0.4) is 0 Å². The molecule has 2 aliphatic heterocycles. The van der Waals surface area contributed by atoms with E-state index in [1.54, 1.807) is 0 Å². The fourth-order valence-electron chi connectivity index (χ4n) is 2.19. The Bertz CT molecular complexity index is 530. The van der Waals surface area contributed by atoms with Gasteiger partial charge in [0.2, 0.25) is 11.8 Å². The van der Waals surface area contributed by atoms with E-state index in [-0.39, 0.29) is 24.0 Å². The van der Waals surface area contributed by atoms with Gasteiger partial charge in [0.05, 0.1) is 11.1 Å². The van der Waals surface area contributed by atoms with E-state index < -0.39 is 29.7 Å². The molecule has 1 fully saturated rings. The van der Waals surface area contributed by atoms with Crippen molar-refractivity contribution in [1.29, 1.82) is 0 Å². The summed E-state index contributed by atoms with van der Waals surface area (Å²) in [6.45, 7) is 11.0. The molecule has 6 heteroatoms. The van der Waals surface area contributed by atoms with Crippen LogP contribution in [0.25, 0.3) is 0 Å². The molecule has 0 spiro atoms. The van der Waals surface area contributed by atoms with Gasteiger partial charge in [0.1, 0.15) is 6.04 Å². The molecule has 1 unspecified atom stereocenters. The standard InChI is InChI=1S/C13H12N2O4.C2H6/c1-3-7-8(4-2)13(19)15(12(7)18)9-5-6-10(16)14-11(9)17;1-2/h3-4,9H,1-2,5-6H2,(H,14,16,17);1-2H3. The van der Waals surface area contributed by atoms with Gasteiger partial charge >= 0.3 is 0 Å². The maximum atomic E-state index is 12.1. The number of carbonyl (C=O) groups excluding carboxylic acids is 4. The summed E-state index contributed by atoms with van der Waals surface area (Å²) < 4.78 is 0. The van der Waals surface area contributed by atoms with Crippen molar-refractivity contribution >= 4 is 23.6 Å². The van der Waals surface area contributed by atoms with Gasteiger partial charge in [0.25, 0.3) is 11.8 Å². The molecule has 0 aliphatic carbocycles. The monoisotopic (exact) mass is 290 g/mol. The molecule has 2 heterocycles. The molecule has 0 radical (unpaired) electrons. The number of hydrogen-bond acceptors (Lipinski definition) is 4. The third kappa shape index (κ3) is 2.84. The Kier molecular flexibility index (Phi) is 5.35. The lowest BCUT2D eigenvalue weighted by Gasteiger charge is -2.28. The third-order valence-electron chi connectivity index (χ3n) is 3.12. The molecule has 0 bridgehead atoms. The van der Waals surface area contributed by atoms with Gasteiger partial charge in [-0.25, -0.2) is 0 Å². The van der Waals surface area contributed by atoms with Crippen LogP contribution in [0.1, 0.15) is 26.7 Å². The number of nitrogens with one attached hydrogen (secondary N) is 1. The van der Waals surface area contributed by atoms with Crippen LogP contribution in [0.2, 0.25) is 0 Å². The predicted octanol–water partition coefficient (Wildman–Crippen LogP) is 0.855. The molecule has 0 aromatic heterocycles. The van der Waals surface area contributed by atoms with Crippen molar-refractivity contribution in [1.82, 2.24) is 10.2 Å². The van der Waals surface area contributed by atoms with Crippen molar-refractivity contribution in [3.8, 4) is 0 Å². The lowest BCUT2D eigenvalue weighted by molar-refractivity contribution is -0.149. The van der Waals surface area contributed by atoms with Crippen LogP contribution in [-0.2, 0) is 19.2 Å². The number of hydrogen-bond donors (Lipinski definition) is 1. The number of piperidine rings is 1. The third-order valence-corrected chi connectivity index (χ3v) is 3.12. The highest BCUT2D eigenvalue weighted by molar-refractivity contribution is 6.23. The Balaban J connectivity index is 0.00000106. The second kappa shape index (κ2) is 6.78. The minimum Gasteiger partial charge on any atom is -0.295 e. The minimum atomic E-state index is -0.954. The van der Waals surface area contributed by atoms with E-state index in [2.05, 4.69) is 18.5 Å². The van der Waals surface area contributed by atoms with E-state index in [1.807, 2.05) is 13.8 Å². The topological polar surface area (TPSA) is 83.6 Å². The SMILES string of the molecule is C=CC1=C(C=C)C(=O)N(C2CCC(=O)NC2=O)C1=O.CC. The van der Waals surface area contributed by atoms with E-state index in [1.165, 1.54) is 12.2 Å². The van der Waals surface area contributed by atoms with Gasteiger partial charge in [0.15, 0.2) is 0 Å². The number of rotatable bonds is 3. The number of imide groups is 2. The van der Waals surface area contributed by atoms with E-state index in [9.17, 15) is 19.2 Å². The van der Waals surface area contributed by atoms with Crippen molar-refractivity contribution in [3.05, 3.63) is 36.5 Å². The first-order chi connectivity index (χ1) is 10.0. The van der Waals surface area contributed by atoms with Crippen LogP contribution in [0, 0.1) is 0 Å². The maximum absolute atomic E-state index is 12.1. The maximum Gasteiger partial charge on any atom is 0.262 e. The quantitative estimate of drug-likeness (QED) is 0.781. The van der Waals surface area contributed by atoms with Crippen molar-refractivity contribution in [2.24, 2.45) is 0 Å². The van der Waals surface area contributed by atoms with Crippen molar-refractivity contribution in [3.63, 3.8) is 0 Å². The summed E-state index contributed by atoms with van der Waals surface area (Å²) in [6.07, 6.45) is 2.77. The fraction of sp³-hybridized carbons (Fsp3) is 0.333. The normalized spacial score (nSPS) is 21.8. The smallest absolute Gasteiger partial charge is 0.262 e. The highest BCUT2D eigenvalue weighted by atomic mass is 16.2. The minimum absolute atomic E-state index is 0.0975. The molecular weight excluding hydrogens is 272 g/mol. The highest BCUT2D eigenvalue weighted by Gasteiger charge is 2.44. The first-order valence-electron chi connectivity index (χ1n) is 6.72. The summed E-state index contributed by atoms with van der Waals surface area (Å²) in [6, 6.07) is -0.954. The largest absolute Gasteiger partial charge is 0.295 e. The van der Waals surface area contributed by atoms with Crippen LogP contribution in [0.5, 0.6) is 0 Å². The Labute approximate surface area is 123 Å². The van der Waals surface area contributed by atoms with E-state index >= 15 is 0 Å². The summed E-state index contributed by atoms with van der Waals surface area (Å²) in [7, 11) is 0. The molecular formula is C15H18N2O4. The average Bonchev–Trinajstić information content (AvgIpc) is 2.72. The molecule has 2 aliphatic rings. The fourth-order valence-corrected chi connectivity index (χ4v) is 2.19. The molecule has 0 saturated carbocycles. The Morgan fingerprint density at radius 3 is 1.90 bits per heavy atom. The summed E-state index contributed by atoms with van der Waals surface area (Å²) in [5.41, 5.74) is 0.259. The van der Waals surface area contributed by atoms with E-state index in [4.69, 9.17) is 0 Å². The zero-order valence-electron chi connectivity index (χ0n) is 12.1. The zero-order chi connectivity index (χ0) is 16.2. The van der Waals surface area contributed by atoms with Crippen molar-refractivity contribution in [2.45, 2.75) is 32.7 Å². The molecule has 0 aromatic carbocycles. The van der Waals surface area contributed by atoms with Crippen LogP contribution in [0.4, 0.5) is 0 Å². The first-order valence-corrected chi connectivity index (χ1v) is 6.72. The molecule has 112 valence electrons. The first kappa shape index (κ1) is 16.6. The van der Waals surface area contributed by atoms with Crippen LogP contribution in [0.15, 0.2) is 36.5 Å². The predicted molar refractivity (Wildman–Crippen MR) is 76.8 cm³/mol. The van der Waals surface area contributed by atoms with Crippen LogP contribution in [-0.4, -0.2) is 34.6 Å². The van der Waals surface area contributed by atoms with Crippen molar-refractivity contribution in [2.75, 3.05) is 0 Å². The van der Waals surface area contributed by atoms with Crippen molar-refractivity contribution < 1.29 is 19.2 Å². The second-order valence-corrected chi connectivity index (χ2v) is 4.18. The lowest BCUT2D eigenvalue weighted by atomic mass is 10.0. The Hall–Kier alpha value is -2.50. The summed E-state index contributed by atoms with van der Waals surface area (Å²) in [5.74, 6) is -2.19. The molecule has 21 heavy (non-hydrogen) atoms. The lowest BCUT2D eigenvalue weighted by Crippen LogP contribution is -2.54. The van der Waals surface area contributed by atoms with Gasteiger partial charge < -0.3 is 0 Å². The average molecular weight is 290 g/mol. The van der Waals surface area contributed by atoms with E-state index in [0.29, 0.717) is 0 Å². The number of amides is 4. The van der Waals surface area contributed by atoms with Gasteiger partial charge in [-0.15, -0.1) is 0 Å². The molecule has 6 nitrogen and oxygen atoms in total. The summed E-state index contributed by atoms with van der Waals surface area (Å²) in [4.78, 5) is 47.9. The van der Waals surface area contributed by atoms with Gasteiger partial charge in [-0.1, -0.05) is 39.2 Å². The highest BCUT2D eigenvalue weighted by Crippen LogP contribution is 2.27.